The van der Waals surface area contributed by atoms with Gasteiger partial charge in [-0.2, -0.15) is 0 Å². The maximum atomic E-state index is 13.5. The van der Waals surface area contributed by atoms with E-state index < -0.39 is 11.5 Å². The van der Waals surface area contributed by atoms with Crippen LogP contribution in [0.3, 0.4) is 0 Å². The first kappa shape index (κ1) is 22.3. The smallest absolute Gasteiger partial charge is 0.267 e. The van der Waals surface area contributed by atoms with E-state index in [0.29, 0.717) is 29.3 Å². The van der Waals surface area contributed by atoms with E-state index >= 15 is 0 Å². The Labute approximate surface area is 213 Å². The molecule has 0 unspecified atom stereocenters. The Morgan fingerprint density at radius 3 is 2.58 bits per heavy atom. The molecule has 0 aliphatic heterocycles. The van der Waals surface area contributed by atoms with Crippen LogP contribution >= 0.6 is 11.3 Å². The minimum atomic E-state index is -0.592. The van der Waals surface area contributed by atoms with Gasteiger partial charge in [0.15, 0.2) is 5.13 Å². The van der Waals surface area contributed by atoms with E-state index in [4.69, 9.17) is 9.40 Å². The number of carbonyl (C=O) groups excluding carboxylic acids is 1. The van der Waals surface area contributed by atoms with Gasteiger partial charge in [0.2, 0.25) is 0 Å². The van der Waals surface area contributed by atoms with Gasteiger partial charge in [-0.15, -0.1) is 11.3 Å². The largest absolute Gasteiger partial charge is 0.507 e. The number of hydrogen-bond acceptors (Lipinski definition) is 6. The number of thiazole rings is 1. The molecule has 36 heavy (non-hydrogen) atoms. The normalized spacial score (nSPS) is 28.3. The predicted octanol–water partition coefficient (Wildman–Crippen LogP) is 5.25. The minimum absolute atomic E-state index is 0.151. The third kappa shape index (κ3) is 3.56. The first-order chi connectivity index (χ1) is 17.5. The highest BCUT2D eigenvalue weighted by Gasteiger charge is 2.52. The highest BCUT2D eigenvalue weighted by Crippen LogP contribution is 2.60. The van der Waals surface area contributed by atoms with E-state index in [0.717, 1.165) is 42.0 Å². The standard InChI is InChI=1S/C28H31N3O4S/c32-24-20-5-1-2-6-21(20)31(14-19-4-3-7-35-19)26(34)23(24)25(33)30-27-29-22(15-36-27)28-11-16-8-17(12-28)10-18(9-16)13-28/h3-4,7,15-18,32H,1-2,5-6,8-14H2,(H,29,30,33). The molecule has 5 aliphatic rings. The van der Waals surface area contributed by atoms with Crippen molar-refractivity contribution in [1.82, 2.24) is 9.55 Å². The van der Waals surface area contributed by atoms with Crippen LogP contribution in [0.25, 0.3) is 0 Å². The summed E-state index contributed by atoms with van der Waals surface area (Å²) < 4.78 is 7.08. The number of pyridine rings is 1. The summed E-state index contributed by atoms with van der Waals surface area (Å²) in [7, 11) is 0. The summed E-state index contributed by atoms with van der Waals surface area (Å²) in [5.41, 5.74) is 2.07. The first-order valence-corrected chi connectivity index (χ1v) is 14.1. The Kier molecular flexibility index (Phi) is 5.17. The summed E-state index contributed by atoms with van der Waals surface area (Å²) in [6.45, 7) is 0.238. The van der Waals surface area contributed by atoms with Crippen LogP contribution < -0.4 is 10.9 Å². The zero-order valence-electron chi connectivity index (χ0n) is 20.3. The van der Waals surface area contributed by atoms with Crippen molar-refractivity contribution < 1.29 is 14.3 Å². The van der Waals surface area contributed by atoms with Gasteiger partial charge in [0, 0.05) is 22.1 Å². The monoisotopic (exact) mass is 505 g/mol. The average Bonchev–Trinajstić information content (AvgIpc) is 3.54. The Bertz CT molecular complexity index is 1350. The summed E-state index contributed by atoms with van der Waals surface area (Å²) in [5.74, 6) is 2.32. The number of aromatic nitrogens is 2. The molecular weight excluding hydrogens is 474 g/mol. The molecule has 4 saturated carbocycles. The topological polar surface area (TPSA) is 97.4 Å². The van der Waals surface area contributed by atoms with Gasteiger partial charge in [-0.05, 0) is 94.1 Å². The van der Waals surface area contributed by atoms with Gasteiger partial charge < -0.3 is 14.1 Å². The Hall–Kier alpha value is -2.87. The van der Waals surface area contributed by atoms with Crippen LogP contribution in [0.4, 0.5) is 5.13 Å². The number of fused-ring (bicyclic) bond motifs is 1. The van der Waals surface area contributed by atoms with Crippen LogP contribution in [0.5, 0.6) is 5.75 Å². The van der Waals surface area contributed by atoms with Crippen molar-refractivity contribution in [2.75, 3.05) is 5.32 Å². The molecule has 4 bridgehead atoms. The van der Waals surface area contributed by atoms with Crippen molar-refractivity contribution in [3.8, 4) is 5.75 Å². The number of amides is 1. The van der Waals surface area contributed by atoms with Gasteiger partial charge in [-0.25, -0.2) is 4.98 Å². The molecule has 7 nitrogen and oxygen atoms in total. The number of aromatic hydroxyl groups is 1. The molecule has 0 aromatic carbocycles. The molecular formula is C28H31N3O4S. The Balaban J connectivity index is 1.20. The van der Waals surface area contributed by atoms with Crippen molar-refractivity contribution in [2.24, 2.45) is 17.8 Å². The van der Waals surface area contributed by atoms with Crippen molar-refractivity contribution in [2.45, 2.75) is 76.2 Å². The van der Waals surface area contributed by atoms with Crippen LogP contribution in [-0.4, -0.2) is 20.6 Å². The van der Waals surface area contributed by atoms with Crippen molar-refractivity contribution in [3.63, 3.8) is 0 Å². The molecule has 3 aromatic heterocycles. The number of nitrogens with zero attached hydrogens (tertiary/aromatic N) is 2. The van der Waals surface area contributed by atoms with Gasteiger partial charge in [0.25, 0.3) is 11.5 Å². The summed E-state index contributed by atoms with van der Waals surface area (Å²) in [4.78, 5) is 31.8. The molecule has 0 spiro atoms. The van der Waals surface area contributed by atoms with Gasteiger partial charge in [-0.1, -0.05) is 0 Å². The van der Waals surface area contributed by atoms with Crippen LogP contribution in [0.2, 0.25) is 0 Å². The fraction of sp³-hybridized carbons (Fsp3) is 0.536. The predicted molar refractivity (Wildman–Crippen MR) is 137 cm³/mol. The number of hydrogen-bond donors (Lipinski definition) is 2. The molecule has 4 fully saturated rings. The second kappa shape index (κ2) is 8.33. The van der Waals surface area contributed by atoms with Gasteiger partial charge in [-0.3, -0.25) is 14.9 Å². The lowest BCUT2D eigenvalue weighted by atomic mass is 9.49. The van der Waals surface area contributed by atoms with E-state index in [1.165, 1.54) is 49.9 Å². The van der Waals surface area contributed by atoms with Gasteiger partial charge in [0.05, 0.1) is 18.5 Å². The Morgan fingerprint density at radius 1 is 1.17 bits per heavy atom. The van der Waals surface area contributed by atoms with E-state index in [1.54, 1.807) is 16.9 Å². The van der Waals surface area contributed by atoms with Crippen LogP contribution in [0.1, 0.15) is 84.4 Å². The fourth-order valence-corrected chi connectivity index (χ4v) is 8.87. The molecule has 8 rings (SSSR count). The number of anilines is 1. The maximum absolute atomic E-state index is 13.5. The molecule has 2 N–H and O–H groups in total. The third-order valence-corrected chi connectivity index (χ3v) is 9.93. The van der Waals surface area contributed by atoms with Crippen molar-refractivity contribution >= 4 is 22.4 Å². The molecule has 0 radical (unpaired) electrons. The van der Waals surface area contributed by atoms with Crippen molar-refractivity contribution in [3.05, 3.63) is 62.4 Å². The number of nitrogens with one attached hydrogen (secondary N) is 1. The second-order valence-corrected chi connectivity index (χ2v) is 12.4. The molecule has 0 saturated heterocycles. The van der Waals surface area contributed by atoms with Crippen LogP contribution in [0.15, 0.2) is 33.0 Å². The fourth-order valence-electron chi connectivity index (χ4n) is 8.04. The summed E-state index contributed by atoms with van der Waals surface area (Å²) >= 11 is 1.42. The van der Waals surface area contributed by atoms with Crippen molar-refractivity contribution in [1.29, 1.82) is 0 Å². The first-order valence-electron chi connectivity index (χ1n) is 13.3. The van der Waals surface area contributed by atoms with Gasteiger partial charge in [0.1, 0.15) is 17.1 Å². The molecule has 3 aromatic rings. The minimum Gasteiger partial charge on any atom is -0.507 e. The number of furan rings is 1. The summed E-state index contributed by atoms with van der Waals surface area (Å²) in [5, 5.41) is 16.5. The van der Waals surface area contributed by atoms with Crippen LogP contribution in [-0.2, 0) is 24.8 Å². The summed E-state index contributed by atoms with van der Waals surface area (Å²) in [6.07, 6.45) is 12.5. The molecule has 0 atom stereocenters. The SMILES string of the molecule is O=C(Nc1nc(C23CC4CC(CC(C4)C2)C3)cs1)c1c(O)c2c(n(Cc3ccco3)c1=O)CCCC2. The number of rotatable bonds is 5. The zero-order valence-corrected chi connectivity index (χ0v) is 21.1. The van der Waals surface area contributed by atoms with E-state index in [1.807, 2.05) is 6.07 Å². The quantitative estimate of drug-likeness (QED) is 0.494. The highest BCUT2D eigenvalue weighted by atomic mass is 32.1. The average molecular weight is 506 g/mol. The third-order valence-electron chi connectivity index (χ3n) is 9.17. The maximum Gasteiger partial charge on any atom is 0.267 e. The summed E-state index contributed by atoms with van der Waals surface area (Å²) in [6, 6.07) is 3.60. The zero-order chi connectivity index (χ0) is 24.4. The lowest BCUT2D eigenvalue weighted by Gasteiger charge is -2.56. The second-order valence-electron chi connectivity index (χ2n) is 11.5. The highest BCUT2D eigenvalue weighted by molar-refractivity contribution is 7.14. The molecule has 8 heteroatoms. The van der Waals surface area contributed by atoms with E-state index in [2.05, 4.69) is 10.7 Å². The van der Waals surface area contributed by atoms with E-state index in [-0.39, 0.29) is 23.3 Å². The van der Waals surface area contributed by atoms with E-state index in [9.17, 15) is 14.7 Å². The molecule has 1 amide bonds. The lowest BCUT2D eigenvalue weighted by molar-refractivity contribution is -0.00688. The molecule has 3 heterocycles. The molecule has 5 aliphatic carbocycles. The number of carbonyl (C=O) groups is 1. The molecule has 188 valence electrons. The Morgan fingerprint density at radius 2 is 1.89 bits per heavy atom. The lowest BCUT2D eigenvalue weighted by Crippen LogP contribution is -2.48. The van der Waals surface area contributed by atoms with Gasteiger partial charge >= 0.3 is 0 Å². The van der Waals surface area contributed by atoms with Crippen LogP contribution in [0, 0.1) is 17.8 Å².